The van der Waals surface area contributed by atoms with Crippen molar-refractivity contribution in [2.45, 2.75) is 11.9 Å². The van der Waals surface area contributed by atoms with Crippen molar-refractivity contribution in [2.75, 3.05) is 11.6 Å². The van der Waals surface area contributed by atoms with Gasteiger partial charge in [0, 0.05) is 12.4 Å². The number of para-hydroxylation sites is 1. The second kappa shape index (κ2) is 7.59. The maximum Gasteiger partial charge on any atom is 0.227 e. The molecule has 4 aromatic rings. The van der Waals surface area contributed by atoms with Crippen LogP contribution in [0.5, 0.6) is 0 Å². The van der Waals surface area contributed by atoms with E-state index in [0.29, 0.717) is 5.95 Å². The topological polar surface area (TPSA) is 68.5 Å². The lowest BCUT2D eigenvalue weighted by atomic mass is 10.2. The number of benzene rings is 1. The molecule has 0 radical (unpaired) electrons. The molecule has 27 heavy (non-hydrogen) atoms. The SMILES string of the molecule is CSc1nn(-c2ccccc2)c(C)c1-c1ccnc(Nc2cccnc2)n1. The number of anilines is 2. The highest BCUT2D eigenvalue weighted by atomic mass is 32.2. The Morgan fingerprint density at radius 2 is 1.85 bits per heavy atom. The fraction of sp³-hybridized carbons (Fsp3) is 0.100. The maximum absolute atomic E-state index is 4.78. The lowest BCUT2D eigenvalue weighted by Crippen LogP contribution is -2.00. The van der Waals surface area contributed by atoms with Crippen LogP contribution in [0, 0.1) is 6.92 Å². The molecule has 0 spiro atoms. The average molecular weight is 374 g/mol. The van der Waals surface area contributed by atoms with E-state index < -0.39 is 0 Å². The minimum absolute atomic E-state index is 0.527. The Kier molecular flexibility index (Phi) is 4.84. The monoisotopic (exact) mass is 374 g/mol. The summed E-state index contributed by atoms with van der Waals surface area (Å²) in [4.78, 5) is 13.1. The van der Waals surface area contributed by atoms with Crippen LogP contribution in [0.25, 0.3) is 16.9 Å². The molecule has 0 amide bonds. The number of nitrogens with zero attached hydrogens (tertiary/aromatic N) is 5. The summed E-state index contributed by atoms with van der Waals surface area (Å²) in [5.74, 6) is 0.527. The molecule has 4 rings (SSSR count). The second-order valence-corrected chi connectivity index (χ2v) is 6.64. The maximum atomic E-state index is 4.78. The average Bonchev–Trinajstić information content (AvgIpc) is 3.06. The Bertz CT molecular complexity index is 1050. The van der Waals surface area contributed by atoms with Gasteiger partial charge in [0.05, 0.1) is 34.5 Å². The van der Waals surface area contributed by atoms with Gasteiger partial charge in [-0.25, -0.2) is 14.6 Å². The van der Waals surface area contributed by atoms with Crippen molar-refractivity contribution in [3.8, 4) is 16.9 Å². The first-order chi connectivity index (χ1) is 13.3. The number of thioether (sulfide) groups is 1. The van der Waals surface area contributed by atoms with Crippen LogP contribution in [0.15, 0.2) is 72.1 Å². The smallest absolute Gasteiger partial charge is 0.227 e. The Balaban J connectivity index is 1.75. The van der Waals surface area contributed by atoms with Gasteiger partial charge in [0.1, 0.15) is 5.03 Å². The van der Waals surface area contributed by atoms with E-state index in [-0.39, 0.29) is 0 Å². The van der Waals surface area contributed by atoms with Crippen molar-refractivity contribution in [3.05, 3.63) is 72.8 Å². The molecule has 0 atom stereocenters. The van der Waals surface area contributed by atoms with E-state index in [2.05, 4.69) is 22.2 Å². The molecule has 0 aliphatic carbocycles. The zero-order valence-corrected chi connectivity index (χ0v) is 15.8. The van der Waals surface area contributed by atoms with Crippen molar-refractivity contribution < 1.29 is 0 Å². The van der Waals surface area contributed by atoms with Gasteiger partial charge in [-0.1, -0.05) is 18.2 Å². The summed E-state index contributed by atoms with van der Waals surface area (Å²) in [6, 6.07) is 15.8. The fourth-order valence-corrected chi connectivity index (χ4v) is 3.48. The van der Waals surface area contributed by atoms with Gasteiger partial charge in [-0.3, -0.25) is 4.98 Å². The molecule has 0 bridgehead atoms. The molecule has 1 aromatic carbocycles. The van der Waals surface area contributed by atoms with Crippen LogP contribution in [-0.2, 0) is 0 Å². The zero-order valence-electron chi connectivity index (χ0n) is 15.0. The Morgan fingerprint density at radius 3 is 2.59 bits per heavy atom. The summed E-state index contributed by atoms with van der Waals surface area (Å²) >= 11 is 1.61. The normalized spacial score (nSPS) is 10.7. The first-order valence-corrected chi connectivity index (χ1v) is 9.68. The van der Waals surface area contributed by atoms with E-state index in [1.54, 1.807) is 30.4 Å². The lowest BCUT2D eigenvalue weighted by molar-refractivity contribution is 0.814. The second-order valence-electron chi connectivity index (χ2n) is 5.85. The Hall–Kier alpha value is -3.19. The highest BCUT2D eigenvalue weighted by Gasteiger charge is 2.18. The van der Waals surface area contributed by atoms with Gasteiger partial charge >= 0.3 is 0 Å². The molecular formula is C20H18N6S. The van der Waals surface area contributed by atoms with Gasteiger partial charge in [0.15, 0.2) is 0 Å². The molecule has 0 unspecified atom stereocenters. The molecule has 7 heteroatoms. The predicted molar refractivity (Wildman–Crippen MR) is 109 cm³/mol. The van der Waals surface area contributed by atoms with Crippen LogP contribution < -0.4 is 5.32 Å². The third kappa shape index (κ3) is 3.54. The Morgan fingerprint density at radius 1 is 1.00 bits per heavy atom. The highest BCUT2D eigenvalue weighted by molar-refractivity contribution is 7.98. The molecule has 1 N–H and O–H groups in total. The first-order valence-electron chi connectivity index (χ1n) is 8.46. The summed E-state index contributed by atoms with van der Waals surface area (Å²) in [5, 5.41) is 8.90. The molecule has 3 heterocycles. The summed E-state index contributed by atoms with van der Waals surface area (Å²) in [7, 11) is 0. The zero-order chi connectivity index (χ0) is 18.6. The first kappa shape index (κ1) is 17.2. The van der Waals surface area contributed by atoms with Gasteiger partial charge in [-0.15, -0.1) is 11.8 Å². The van der Waals surface area contributed by atoms with Gasteiger partial charge < -0.3 is 5.32 Å². The molecule has 134 valence electrons. The molecule has 0 fully saturated rings. The summed E-state index contributed by atoms with van der Waals surface area (Å²) in [6.07, 6.45) is 7.25. The van der Waals surface area contributed by atoms with Crippen LogP contribution in [0.1, 0.15) is 5.69 Å². The van der Waals surface area contributed by atoms with Gasteiger partial charge in [-0.05, 0) is 43.5 Å². The van der Waals surface area contributed by atoms with Crippen molar-refractivity contribution in [3.63, 3.8) is 0 Å². The fourth-order valence-electron chi connectivity index (χ4n) is 2.86. The van der Waals surface area contributed by atoms with E-state index in [0.717, 1.165) is 33.4 Å². The molecule has 0 aliphatic rings. The minimum atomic E-state index is 0.527. The van der Waals surface area contributed by atoms with Crippen LogP contribution in [0.3, 0.4) is 0 Å². The molecule has 3 aromatic heterocycles. The van der Waals surface area contributed by atoms with Crippen molar-refractivity contribution in [1.29, 1.82) is 0 Å². The van der Waals surface area contributed by atoms with Crippen molar-refractivity contribution in [2.24, 2.45) is 0 Å². The molecule has 6 nitrogen and oxygen atoms in total. The van der Waals surface area contributed by atoms with Gasteiger partial charge in [-0.2, -0.15) is 5.10 Å². The van der Waals surface area contributed by atoms with Crippen molar-refractivity contribution >= 4 is 23.4 Å². The predicted octanol–water partition coefficient (Wildman–Crippen LogP) is 4.50. The molecule has 0 saturated heterocycles. The number of hydrogen-bond donors (Lipinski definition) is 1. The van der Waals surface area contributed by atoms with Crippen LogP contribution in [0.4, 0.5) is 11.6 Å². The standard InChI is InChI=1S/C20H18N6S/c1-14-18(19(27-2)25-26(14)16-8-4-3-5-9-16)17-10-12-22-20(24-17)23-15-7-6-11-21-13-15/h3-13H,1-2H3,(H,22,23,24). The molecular weight excluding hydrogens is 356 g/mol. The van der Waals surface area contributed by atoms with Gasteiger partial charge in [0.2, 0.25) is 5.95 Å². The van der Waals surface area contributed by atoms with Gasteiger partial charge in [0.25, 0.3) is 0 Å². The van der Waals surface area contributed by atoms with E-state index in [9.17, 15) is 0 Å². The summed E-state index contributed by atoms with van der Waals surface area (Å²) in [5.41, 5.74) is 4.76. The van der Waals surface area contributed by atoms with Crippen LogP contribution in [-0.4, -0.2) is 31.0 Å². The third-order valence-corrected chi connectivity index (χ3v) is 4.78. The van der Waals surface area contributed by atoms with Crippen molar-refractivity contribution in [1.82, 2.24) is 24.7 Å². The largest absolute Gasteiger partial charge is 0.323 e. The minimum Gasteiger partial charge on any atom is -0.323 e. The number of aromatic nitrogens is 5. The summed E-state index contributed by atoms with van der Waals surface area (Å²) in [6.45, 7) is 2.06. The van der Waals surface area contributed by atoms with Crippen LogP contribution >= 0.6 is 11.8 Å². The summed E-state index contributed by atoms with van der Waals surface area (Å²) < 4.78 is 1.96. The number of hydrogen-bond acceptors (Lipinski definition) is 6. The number of rotatable bonds is 5. The number of nitrogens with one attached hydrogen (secondary N) is 1. The Labute approximate surface area is 161 Å². The lowest BCUT2D eigenvalue weighted by Gasteiger charge is -2.07. The number of pyridine rings is 1. The quantitative estimate of drug-likeness (QED) is 0.519. The van der Waals surface area contributed by atoms with E-state index >= 15 is 0 Å². The van der Waals surface area contributed by atoms with E-state index in [1.807, 2.05) is 59.5 Å². The highest BCUT2D eigenvalue weighted by Crippen LogP contribution is 2.33. The van der Waals surface area contributed by atoms with E-state index in [4.69, 9.17) is 10.1 Å². The third-order valence-electron chi connectivity index (χ3n) is 4.11. The molecule has 0 aliphatic heterocycles. The van der Waals surface area contributed by atoms with Crippen LogP contribution in [0.2, 0.25) is 0 Å². The van der Waals surface area contributed by atoms with E-state index in [1.165, 1.54) is 0 Å². The molecule has 0 saturated carbocycles.